The van der Waals surface area contributed by atoms with Crippen molar-refractivity contribution in [2.24, 2.45) is 0 Å². The monoisotopic (exact) mass is 445 g/mol. The first-order valence-electron chi connectivity index (χ1n) is 10.8. The van der Waals surface area contributed by atoms with Gasteiger partial charge in [0.1, 0.15) is 0 Å². The SMILES string of the molecule is Fc1c(F)c(F)c(CCCC(c2ccccc2)(c2ccccc2)C2CCCN2)c(F)c1F. The van der Waals surface area contributed by atoms with Crippen LogP contribution in [0, 0.1) is 29.1 Å². The summed E-state index contributed by atoms with van der Waals surface area (Å²) >= 11 is 0. The van der Waals surface area contributed by atoms with Crippen molar-refractivity contribution < 1.29 is 22.0 Å². The van der Waals surface area contributed by atoms with Crippen LogP contribution in [0.15, 0.2) is 60.7 Å². The normalized spacial score (nSPS) is 16.5. The molecular weight excluding hydrogens is 421 g/mol. The fourth-order valence-corrected chi connectivity index (χ4v) is 5.02. The lowest BCUT2D eigenvalue weighted by Gasteiger charge is -2.41. The lowest BCUT2D eigenvalue weighted by atomic mass is 9.65. The minimum atomic E-state index is -2.12. The van der Waals surface area contributed by atoms with Crippen LogP contribution in [0.25, 0.3) is 0 Å². The highest BCUT2D eigenvalue weighted by Gasteiger charge is 2.42. The van der Waals surface area contributed by atoms with Crippen molar-refractivity contribution in [3.05, 3.63) is 106 Å². The molecule has 0 aromatic heterocycles. The zero-order valence-electron chi connectivity index (χ0n) is 17.5. The maximum atomic E-state index is 14.2. The minimum absolute atomic E-state index is 0.0867. The van der Waals surface area contributed by atoms with Crippen molar-refractivity contribution in [2.45, 2.75) is 43.6 Å². The third-order valence-electron chi connectivity index (χ3n) is 6.53. The Morgan fingerprint density at radius 3 is 1.69 bits per heavy atom. The summed E-state index contributed by atoms with van der Waals surface area (Å²) in [5, 5.41) is 3.57. The topological polar surface area (TPSA) is 12.0 Å². The van der Waals surface area contributed by atoms with Gasteiger partial charge in [0.15, 0.2) is 23.3 Å². The van der Waals surface area contributed by atoms with Crippen LogP contribution in [0.4, 0.5) is 22.0 Å². The predicted molar refractivity (Wildman–Crippen MR) is 114 cm³/mol. The van der Waals surface area contributed by atoms with E-state index in [1.54, 1.807) is 0 Å². The van der Waals surface area contributed by atoms with Crippen molar-refractivity contribution in [1.29, 1.82) is 0 Å². The molecule has 0 amide bonds. The smallest absolute Gasteiger partial charge is 0.200 e. The summed E-state index contributed by atoms with van der Waals surface area (Å²) in [4.78, 5) is 0. The van der Waals surface area contributed by atoms with E-state index in [9.17, 15) is 22.0 Å². The van der Waals surface area contributed by atoms with Crippen LogP contribution in [0.5, 0.6) is 0 Å². The molecule has 1 unspecified atom stereocenters. The van der Waals surface area contributed by atoms with E-state index in [1.807, 2.05) is 60.7 Å². The van der Waals surface area contributed by atoms with Crippen LogP contribution < -0.4 is 5.32 Å². The van der Waals surface area contributed by atoms with Gasteiger partial charge in [0, 0.05) is 17.0 Å². The predicted octanol–water partition coefficient (Wildman–Crippen LogP) is 6.44. The number of halogens is 5. The molecule has 1 atom stereocenters. The molecule has 1 heterocycles. The van der Waals surface area contributed by atoms with E-state index in [0.29, 0.717) is 6.42 Å². The van der Waals surface area contributed by atoms with E-state index in [4.69, 9.17) is 0 Å². The maximum Gasteiger partial charge on any atom is 0.200 e. The Hall–Kier alpha value is -2.73. The Bertz CT molecular complexity index is 994. The van der Waals surface area contributed by atoms with E-state index < -0.39 is 40.1 Å². The van der Waals surface area contributed by atoms with Crippen molar-refractivity contribution >= 4 is 0 Å². The Kier molecular flexibility index (Phi) is 6.60. The van der Waals surface area contributed by atoms with Crippen molar-refractivity contribution in [2.75, 3.05) is 6.54 Å². The van der Waals surface area contributed by atoms with Crippen LogP contribution in [-0.2, 0) is 11.8 Å². The summed E-state index contributed by atoms with van der Waals surface area (Å²) in [6.45, 7) is 0.865. The Morgan fingerprint density at radius 2 is 1.22 bits per heavy atom. The van der Waals surface area contributed by atoms with Gasteiger partial charge >= 0.3 is 0 Å². The molecule has 0 aliphatic carbocycles. The van der Waals surface area contributed by atoms with Gasteiger partial charge < -0.3 is 5.32 Å². The molecule has 1 fully saturated rings. The standard InChI is InChI=1S/C26H24F5N/c27-21-19(22(28)24(30)25(31)23(21)29)13-7-15-26(20-14-8-16-32-20,17-9-3-1-4-10-17)18-11-5-2-6-12-18/h1-6,9-12,20,32H,7-8,13-16H2. The minimum Gasteiger partial charge on any atom is -0.313 e. The zero-order chi connectivity index (χ0) is 22.7. The second-order valence-corrected chi connectivity index (χ2v) is 8.25. The second kappa shape index (κ2) is 9.41. The van der Waals surface area contributed by atoms with Gasteiger partial charge in [-0.25, -0.2) is 22.0 Å². The van der Waals surface area contributed by atoms with Gasteiger partial charge in [-0.3, -0.25) is 0 Å². The highest BCUT2D eigenvalue weighted by atomic mass is 19.2. The molecule has 4 rings (SSSR count). The molecule has 0 radical (unpaired) electrons. The fraction of sp³-hybridized carbons (Fsp3) is 0.308. The van der Waals surface area contributed by atoms with Gasteiger partial charge in [-0.15, -0.1) is 0 Å². The molecule has 0 spiro atoms. The average Bonchev–Trinajstić information content (AvgIpc) is 3.38. The van der Waals surface area contributed by atoms with Crippen LogP contribution in [0.3, 0.4) is 0 Å². The van der Waals surface area contributed by atoms with Crippen LogP contribution in [0.1, 0.15) is 42.4 Å². The number of nitrogens with one attached hydrogen (secondary N) is 1. The number of benzene rings is 3. The lowest BCUT2D eigenvalue weighted by molar-refractivity contribution is 0.337. The number of hydrogen-bond acceptors (Lipinski definition) is 1. The quantitative estimate of drug-likeness (QED) is 0.251. The molecule has 32 heavy (non-hydrogen) atoms. The summed E-state index contributed by atoms with van der Waals surface area (Å²) in [7, 11) is 0. The molecular formula is C26H24F5N. The van der Waals surface area contributed by atoms with Gasteiger partial charge in [-0.05, 0) is 49.8 Å². The van der Waals surface area contributed by atoms with Crippen molar-refractivity contribution in [1.82, 2.24) is 5.32 Å². The summed E-state index contributed by atoms with van der Waals surface area (Å²) in [6.07, 6.45) is 2.41. The highest BCUT2D eigenvalue weighted by molar-refractivity contribution is 5.42. The molecule has 1 N–H and O–H groups in total. The van der Waals surface area contributed by atoms with E-state index in [1.165, 1.54) is 0 Å². The van der Waals surface area contributed by atoms with Gasteiger partial charge in [-0.2, -0.15) is 0 Å². The average molecular weight is 445 g/mol. The van der Waals surface area contributed by atoms with Gasteiger partial charge in [-0.1, -0.05) is 60.7 Å². The Labute approximate surface area is 184 Å². The number of rotatable bonds is 7. The molecule has 3 aromatic carbocycles. The van der Waals surface area contributed by atoms with E-state index in [-0.39, 0.29) is 18.9 Å². The Balaban J connectivity index is 1.73. The first kappa shape index (κ1) is 22.5. The van der Waals surface area contributed by atoms with Crippen molar-refractivity contribution in [3.8, 4) is 0 Å². The maximum absolute atomic E-state index is 14.2. The summed E-state index contributed by atoms with van der Waals surface area (Å²) < 4.78 is 69.2. The first-order chi connectivity index (χ1) is 15.5. The largest absolute Gasteiger partial charge is 0.313 e. The van der Waals surface area contributed by atoms with Gasteiger partial charge in [0.25, 0.3) is 0 Å². The fourth-order valence-electron chi connectivity index (χ4n) is 5.02. The summed E-state index contributed by atoms with van der Waals surface area (Å²) in [6, 6.07) is 19.9. The molecule has 0 saturated carbocycles. The van der Waals surface area contributed by atoms with Crippen LogP contribution >= 0.6 is 0 Å². The lowest BCUT2D eigenvalue weighted by Crippen LogP contribution is -2.46. The second-order valence-electron chi connectivity index (χ2n) is 8.25. The van der Waals surface area contributed by atoms with Crippen molar-refractivity contribution in [3.63, 3.8) is 0 Å². The third-order valence-corrected chi connectivity index (χ3v) is 6.53. The molecule has 3 aromatic rings. The third kappa shape index (κ3) is 3.92. The molecule has 1 nitrogen and oxygen atoms in total. The van der Waals surface area contributed by atoms with Crippen LogP contribution in [-0.4, -0.2) is 12.6 Å². The van der Waals surface area contributed by atoms with Gasteiger partial charge in [0.05, 0.1) is 0 Å². The summed E-state index contributed by atoms with van der Waals surface area (Å²) in [5.41, 5.74) is 0.866. The number of hydrogen-bond donors (Lipinski definition) is 1. The van der Waals surface area contributed by atoms with E-state index >= 15 is 0 Å². The van der Waals surface area contributed by atoms with Crippen LogP contribution in [0.2, 0.25) is 0 Å². The highest BCUT2D eigenvalue weighted by Crippen LogP contribution is 2.43. The molecule has 0 bridgehead atoms. The van der Waals surface area contributed by atoms with E-state index in [0.717, 1.165) is 30.5 Å². The Morgan fingerprint density at radius 1 is 0.719 bits per heavy atom. The zero-order valence-corrected chi connectivity index (χ0v) is 17.5. The molecule has 1 aliphatic rings. The molecule has 168 valence electrons. The molecule has 1 aliphatic heterocycles. The summed E-state index contributed by atoms with van der Waals surface area (Å²) in [5.74, 6) is -9.40. The molecule has 1 saturated heterocycles. The molecule has 6 heteroatoms. The first-order valence-corrected chi connectivity index (χ1v) is 10.8. The van der Waals surface area contributed by atoms with E-state index in [2.05, 4.69) is 5.32 Å². The van der Waals surface area contributed by atoms with Gasteiger partial charge in [0.2, 0.25) is 5.82 Å².